The summed E-state index contributed by atoms with van der Waals surface area (Å²) in [5, 5.41) is 0. The molecular weight excluding hydrogens is 212 g/mol. The molecule has 0 amide bonds. The summed E-state index contributed by atoms with van der Waals surface area (Å²) < 4.78 is 10.8. The van der Waals surface area contributed by atoms with Crippen molar-refractivity contribution < 1.29 is 9.47 Å². The highest BCUT2D eigenvalue weighted by molar-refractivity contribution is 5.33. The lowest BCUT2D eigenvalue weighted by atomic mass is 10.2. The minimum Gasteiger partial charge on any atom is -0.497 e. The maximum Gasteiger partial charge on any atom is 0.123 e. The van der Waals surface area contributed by atoms with E-state index in [4.69, 9.17) is 9.47 Å². The summed E-state index contributed by atoms with van der Waals surface area (Å²) in [4.78, 5) is 0. The van der Waals surface area contributed by atoms with Crippen molar-refractivity contribution in [1.82, 2.24) is 0 Å². The zero-order valence-electron chi connectivity index (χ0n) is 10.1. The fraction of sp³-hybridized carbons (Fsp3) is 0.200. The SMILES string of the molecule is COc1cccc(OCc2ccc(C)cc2)c1. The predicted octanol–water partition coefficient (Wildman–Crippen LogP) is 3.58. The number of hydrogen-bond acceptors (Lipinski definition) is 2. The largest absolute Gasteiger partial charge is 0.497 e. The summed E-state index contributed by atoms with van der Waals surface area (Å²) in [7, 11) is 1.65. The van der Waals surface area contributed by atoms with E-state index in [0.29, 0.717) is 6.61 Å². The molecule has 0 bridgehead atoms. The zero-order chi connectivity index (χ0) is 12.1. The normalized spacial score (nSPS) is 10.0. The van der Waals surface area contributed by atoms with Crippen molar-refractivity contribution in [1.29, 1.82) is 0 Å². The smallest absolute Gasteiger partial charge is 0.123 e. The Morgan fingerprint density at radius 2 is 1.65 bits per heavy atom. The molecule has 0 spiro atoms. The molecule has 88 valence electrons. The molecule has 2 nitrogen and oxygen atoms in total. The highest BCUT2D eigenvalue weighted by Gasteiger charge is 1.97. The van der Waals surface area contributed by atoms with E-state index in [2.05, 4.69) is 31.2 Å². The van der Waals surface area contributed by atoms with Gasteiger partial charge in [-0.15, -0.1) is 0 Å². The van der Waals surface area contributed by atoms with Gasteiger partial charge in [-0.25, -0.2) is 0 Å². The van der Waals surface area contributed by atoms with E-state index in [1.165, 1.54) is 11.1 Å². The number of benzene rings is 2. The first-order chi connectivity index (χ1) is 8.28. The monoisotopic (exact) mass is 228 g/mol. The van der Waals surface area contributed by atoms with Crippen LogP contribution in [-0.4, -0.2) is 7.11 Å². The van der Waals surface area contributed by atoms with Gasteiger partial charge in [0.25, 0.3) is 0 Å². The summed E-state index contributed by atoms with van der Waals surface area (Å²) in [6, 6.07) is 16.0. The van der Waals surface area contributed by atoms with Gasteiger partial charge in [-0.1, -0.05) is 35.9 Å². The third-order valence-corrected chi connectivity index (χ3v) is 2.57. The van der Waals surface area contributed by atoms with Gasteiger partial charge in [-0.3, -0.25) is 0 Å². The van der Waals surface area contributed by atoms with Crippen molar-refractivity contribution in [3.05, 3.63) is 59.7 Å². The maximum atomic E-state index is 5.69. The molecule has 0 fully saturated rings. The van der Waals surface area contributed by atoms with E-state index in [1.807, 2.05) is 24.3 Å². The van der Waals surface area contributed by atoms with Crippen molar-refractivity contribution in [2.75, 3.05) is 7.11 Å². The fourth-order valence-corrected chi connectivity index (χ4v) is 1.54. The van der Waals surface area contributed by atoms with Crippen LogP contribution in [-0.2, 0) is 6.61 Å². The second-order valence-corrected chi connectivity index (χ2v) is 3.95. The molecule has 0 unspecified atom stereocenters. The fourth-order valence-electron chi connectivity index (χ4n) is 1.54. The van der Waals surface area contributed by atoms with Crippen molar-refractivity contribution in [3.8, 4) is 11.5 Å². The summed E-state index contributed by atoms with van der Waals surface area (Å²) in [5.41, 5.74) is 2.42. The number of methoxy groups -OCH3 is 1. The van der Waals surface area contributed by atoms with E-state index in [9.17, 15) is 0 Å². The molecular formula is C15H16O2. The minimum atomic E-state index is 0.577. The minimum absolute atomic E-state index is 0.577. The molecule has 0 radical (unpaired) electrons. The van der Waals surface area contributed by atoms with Crippen LogP contribution in [0.15, 0.2) is 48.5 Å². The van der Waals surface area contributed by atoms with Crippen LogP contribution in [0.4, 0.5) is 0 Å². The molecule has 0 saturated heterocycles. The number of hydrogen-bond donors (Lipinski definition) is 0. The standard InChI is InChI=1S/C15H16O2/c1-12-6-8-13(9-7-12)11-17-15-5-3-4-14(10-15)16-2/h3-10H,11H2,1-2H3. The Hall–Kier alpha value is -1.96. The van der Waals surface area contributed by atoms with E-state index in [0.717, 1.165) is 11.5 Å². The molecule has 0 aliphatic heterocycles. The van der Waals surface area contributed by atoms with Gasteiger partial charge < -0.3 is 9.47 Å². The zero-order valence-corrected chi connectivity index (χ0v) is 10.1. The Morgan fingerprint density at radius 3 is 2.35 bits per heavy atom. The van der Waals surface area contributed by atoms with Crippen LogP contribution in [0.1, 0.15) is 11.1 Å². The summed E-state index contributed by atoms with van der Waals surface area (Å²) in [6.45, 7) is 2.65. The van der Waals surface area contributed by atoms with Crippen LogP contribution in [0.2, 0.25) is 0 Å². The van der Waals surface area contributed by atoms with Gasteiger partial charge >= 0.3 is 0 Å². The van der Waals surface area contributed by atoms with Gasteiger partial charge in [-0.2, -0.15) is 0 Å². The Bertz CT molecular complexity index is 475. The summed E-state index contributed by atoms with van der Waals surface area (Å²) in [5.74, 6) is 1.64. The topological polar surface area (TPSA) is 18.5 Å². The van der Waals surface area contributed by atoms with Crippen molar-refractivity contribution in [2.45, 2.75) is 13.5 Å². The molecule has 0 heterocycles. The number of ether oxygens (including phenoxy) is 2. The molecule has 2 rings (SSSR count). The maximum absolute atomic E-state index is 5.69. The van der Waals surface area contributed by atoms with Crippen LogP contribution in [0, 0.1) is 6.92 Å². The Kier molecular flexibility index (Phi) is 3.66. The van der Waals surface area contributed by atoms with Crippen molar-refractivity contribution in [2.24, 2.45) is 0 Å². The molecule has 0 aliphatic carbocycles. The highest BCUT2D eigenvalue weighted by atomic mass is 16.5. The second kappa shape index (κ2) is 5.39. The Morgan fingerprint density at radius 1 is 0.941 bits per heavy atom. The number of rotatable bonds is 4. The third kappa shape index (κ3) is 3.25. The summed E-state index contributed by atoms with van der Waals surface area (Å²) >= 11 is 0. The first-order valence-electron chi connectivity index (χ1n) is 5.60. The highest BCUT2D eigenvalue weighted by Crippen LogP contribution is 2.19. The van der Waals surface area contributed by atoms with Crippen molar-refractivity contribution >= 4 is 0 Å². The van der Waals surface area contributed by atoms with Crippen LogP contribution in [0.5, 0.6) is 11.5 Å². The average molecular weight is 228 g/mol. The van der Waals surface area contributed by atoms with Crippen molar-refractivity contribution in [3.63, 3.8) is 0 Å². The van der Waals surface area contributed by atoms with Gasteiger partial charge in [0.15, 0.2) is 0 Å². The molecule has 2 heteroatoms. The first-order valence-corrected chi connectivity index (χ1v) is 5.60. The summed E-state index contributed by atoms with van der Waals surface area (Å²) in [6.07, 6.45) is 0. The Labute approximate surface area is 102 Å². The molecule has 0 saturated carbocycles. The second-order valence-electron chi connectivity index (χ2n) is 3.95. The lowest BCUT2D eigenvalue weighted by Crippen LogP contribution is -1.95. The molecule has 0 atom stereocenters. The van der Waals surface area contributed by atoms with Crippen LogP contribution in [0.25, 0.3) is 0 Å². The molecule has 0 N–H and O–H groups in total. The van der Waals surface area contributed by atoms with Crippen LogP contribution < -0.4 is 9.47 Å². The first kappa shape index (κ1) is 11.5. The van der Waals surface area contributed by atoms with Gasteiger partial charge in [0.1, 0.15) is 18.1 Å². The van der Waals surface area contributed by atoms with Gasteiger partial charge in [0.2, 0.25) is 0 Å². The van der Waals surface area contributed by atoms with E-state index in [-0.39, 0.29) is 0 Å². The molecule has 2 aromatic carbocycles. The third-order valence-electron chi connectivity index (χ3n) is 2.57. The van der Waals surface area contributed by atoms with Crippen LogP contribution in [0.3, 0.4) is 0 Å². The van der Waals surface area contributed by atoms with E-state index >= 15 is 0 Å². The van der Waals surface area contributed by atoms with Crippen LogP contribution >= 0.6 is 0 Å². The average Bonchev–Trinajstić information content (AvgIpc) is 2.38. The molecule has 2 aromatic rings. The predicted molar refractivity (Wildman–Crippen MR) is 68.5 cm³/mol. The molecule has 0 aliphatic rings. The van der Waals surface area contributed by atoms with Gasteiger partial charge in [-0.05, 0) is 24.6 Å². The van der Waals surface area contributed by atoms with E-state index in [1.54, 1.807) is 7.11 Å². The number of aryl methyl sites for hydroxylation is 1. The lowest BCUT2D eigenvalue weighted by Gasteiger charge is -2.07. The van der Waals surface area contributed by atoms with E-state index < -0.39 is 0 Å². The Balaban J connectivity index is 1.99. The van der Waals surface area contributed by atoms with Gasteiger partial charge in [0, 0.05) is 6.07 Å². The van der Waals surface area contributed by atoms with Gasteiger partial charge in [0.05, 0.1) is 7.11 Å². The molecule has 17 heavy (non-hydrogen) atoms. The lowest BCUT2D eigenvalue weighted by molar-refractivity contribution is 0.303. The molecule has 0 aromatic heterocycles. The quantitative estimate of drug-likeness (QED) is 0.796.